The molecular weight excluding hydrogens is 164 g/mol. The Kier molecular flexibility index (Phi) is 1.33. The van der Waals surface area contributed by atoms with Crippen LogP contribution in [-0.2, 0) is 5.54 Å². The highest BCUT2D eigenvalue weighted by atomic mass is 32.1. The van der Waals surface area contributed by atoms with Gasteiger partial charge in [-0.15, -0.1) is 0 Å². The first-order valence-electron chi connectivity index (χ1n) is 3.40. The van der Waals surface area contributed by atoms with E-state index in [0.29, 0.717) is 4.77 Å². The van der Waals surface area contributed by atoms with Crippen LogP contribution in [0.4, 0.5) is 0 Å². The van der Waals surface area contributed by atoms with Crippen molar-refractivity contribution in [1.29, 1.82) is 0 Å². The average molecular weight is 172 g/mol. The summed E-state index contributed by atoms with van der Waals surface area (Å²) in [6.45, 7) is 0.102. The Bertz CT molecular complexity index is 312. The Balaban J connectivity index is 2.43. The fourth-order valence-electron chi connectivity index (χ4n) is 1.10. The van der Waals surface area contributed by atoms with Gasteiger partial charge in [-0.2, -0.15) is 5.21 Å². The Hall–Kier alpha value is -0.750. The summed E-state index contributed by atoms with van der Waals surface area (Å²) in [5.41, 5.74) is -0.208. The van der Waals surface area contributed by atoms with Gasteiger partial charge in [0.2, 0.25) is 4.77 Å². The monoisotopic (exact) mass is 172 g/mol. The molecule has 1 aromatic rings. The van der Waals surface area contributed by atoms with Gasteiger partial charge in [0.25, 0.3) is 0 Å². The van der Waals surface area contributed by atoms with Crippen molar-refractivity contribution in [2.75, 3.05) is 6.61 Å². The number of nitrogens with zero attached hydrogens (tertiary/aromatic N) is 3. The molecule has 6 heteroatoms. The number of rotatable bonds is 2. The molecule has 0 bridgehead atoms. The minimum Gasteiger partial charge on any atom is -0.394 e. The van der Waals surface area contributed by atoms with Gasteiger partial charge >= 0.3 is 0 Å². The van der Waals surface area contributed by atoms with Gasteiger partial charge < -0.3 is 5.11 Å². The second-order valence-electron chi connectivity index (χ2n) is 2.80. The maximum Gasteiger partial charge on any atom is 0.238 e. The van der Waals surface area contributed by atoms with Gasteiger partial charge in [0.05, 0.1) is 12.1 Å². The molecule has 1 aliphatic rings. The van der Waals surface area contributed by atoms with E-state index < -0.39 is 0 Å². The summed E-state index contributed by atoms with van der Waals surface area (Å²) in [5, 5.41) is 18.8. The SMILES string of the molecule is OCC1(n2[nH]nnc2=S)CC1. The number of aromatic amines is 1. The van der Waals surface area contributed by atoms with E-state index in [1.54, 1.807) is 4.68 Å². The number of aromatic nitrogens is 4. The van der Waals surface area contributed by atoms with Crippen LogP contribution >= 0.6 is 12.2 Å². The number of H-pyrrole nitrogens is 1. The quantitative estimate of drug-likeness (QED) is 0.607. The van der Waals surface area contributed by atoms with Crippen LogP contribution in [0.25, 0.3) is 0 Å². The van der Waals surface area contributed by atoms with Crippen molar-refractivity contribution >= 4 is 12.2 Å². The summed E-state index contributed by atoms with van der Waals surface area (Å²) in [5.74, 6) is 0. The third kappa shape index (κ3) is 0.899. The number of hydrogen-bond donors (Lipinski definition) is 2. The van der Waals surface area contributed by atoms with Crippen molar-refractivity contribution in [2.45, 2.75) is 18.4 Å². The van der Waals surface area contributed by atoms with E-state index in [1.165, 1.54) is 0 Å². The zero-order chi connectivity index (χ0) is 7.90. The van der Waals surface area contributed by atoms with E-state index >= 15 is 0 Å². The highest BCUT2D eigenvalue weighted by Crippen LogP contribution is 2.41. The highest BCUT2D eigenvalue weighted by molar-refractivity contribution is 7.71. The summed E-state index contributed by atoms with van der Waals surface area (Å²) in [4.78, 5) is 0. The van der Waals surface area contributed by atoms with Crippen LogP contribution in [0.1, 0.15) is 12.8 Å². The lowest BCUT2D eigenvalue weighted by molar-refractivity contribution is 0.199. The van der Waals surface area contributed by atoms with Gasteiger partial charge in [0.1, 0.15) is 0 Å². The molecule has 2 rings (SSSR count). The predicted molar refractivity (Wildman–Crippen MR) is 39.5 cm³/mol. The Morgan fingerprint density at radius 2 is 2.45 bits per heavy atom. The molecule has 5 nitrogen and oxygen atoms in total. The van der Waals surface area contributed by atoms with Gasteiger partial charge in [-0.3, -0.25) is 0 Å². The van der Waals surface area contributed by atoms with Crippen molar-refractivity contribution in [2.24, 2.45) is 0 Å². The van der Waals surface area contributed by atoms with Gasteiger partial charge in [-0.25, -0.2) is 4.68 Å². The second kappa shape index (κ2) is 2.12. The largest absolute Gasteiger partial charge is 0.394 e. The van der Waals surface area contributed by atoms with E-state index in [2.05, 4.69) is 15.5 Å². The van der Waals surface area contributed by atoms with Crippen LogP contribution in [0.3, 0.4) is 0 Å². The van der Waals surface area contributed by atoms with Crippen LogP contribution < -0.4 is 0 Å². The topological polar surface area (TPSA) is 66.7 Å². The maximum atomic E-state index is 9.01. The summed E-state index contributed by atoms with van der Waals surface area (Å²) in [7, 11) is 0. The van der Waals surface area contributed by atoms with Crippen molar-refractivity contribution in [3.8, 4) is 0 Å². The van der Waals surface area contributed by atoms with Gasteiger partial charge in [-0.1, -0.05) is 10.3 Å². The van der Waals surface area contributed by atoms with E-state index in [1.807, 2.05) is 0 Å². The van der Waals surface area contributed by atoms with Gasteiger partial charge in [0, 0.05) is 0 Å². The minimum absolute atomic E-state index is 0.102. The molecule has 1 saturated carbocycles. The minimum atomic E-state index is -0.208. The van der Waals surface area contributed by atoms with Crippen molar-refractivity contribution in [1.82, 2.24) is 20.2 Å². The van der Waals surface area contributed by atoms with Crippen LogP contribution in [0.5, 0.6) is 0 Å². The van der Waals surface area contributed by atoms with Gasteiger partial charge in [0.15, 0.2) is 0 Å². The van der Waals surface area contributed by atoms with E-state index in [4.69, 9.17) is 17.3 Å². The van der Waals surface area contributed by atoms with Crippen LogP contribution in [-0.4, -0.2) is 31.9 Å². The maximum absolute atomic E-state index is 9.01. The molecular formula is C5H8N4OS. The average Bonchev–Trinajstić information content (AvgIpc) is 2.70. The molecule has 1 heterocycles. The van der Waals surface area contributed by atoms with E-state index in [0.717, 1.165) is 12.8 Å². The second-order valence-corrected chi connectivity index (χ2v) is 3.17. The third-order valence-electron chi connectivity index (χ3n) is 2.07. The lowest BCUT2D eigenvalue weighted by Crippen LogP contribution is -2.23. The lowest BCUT2D eigenvalue weighted by Gasteiger charge is -2.10. The molecule has 2 N–H and O–H groups in total. The first-order chi connectivity index (χ1) is 5.28. The summed E-state index contributed by atoms with van der Waals surface area (Å²) in [6.07, 6.45) is 1.89. The van der Waals surface area contributed by atoms with Crippen LogP contribution in [0.2, 0.25) is 0 Å². The molecule has 0 aromatic carbocycles. The molecule has 11 heavy (non-hydrogen) atoms. The zero-order valence-corrected chi connectivity index (χ0v) is 6.63. The fourth-order valence-corrected chi connectivity index (χ4v) is 1.38. The summed E-state index contributed by atoms with van der Waals surface area (Å²) < 4.78 is 2.07. The highest BCUT2D eigenvalue weighted by Gasteiger charge is 2.45. The summed E-state index contributed by atoms with van der Waals surface area (Å²) in [6, 6.07) is 0. The fraction of sp³-hybridized carbons (Fsp3) is 0.800. The smallest absolute Gasteiger partial charge is 0.238 e. The molecule has 0 spiro atoms. The van der Waals surface area contributed by atoms with Crippen molar-refractivity contribution < 1.29 is 5.11 Å². The molecule has 0 amide bonds. The number of aliphatic hydroxyl groups excluding tert-OH is 1. The first-order valence-corrected chi connectivity index (χ1v) is 3.81. The van der Waals surface area contributed by atoms with Crippen LogP contribution in [0.15, 0.2) is 0 Å². The number of tetrazole rings is 1. The number of nitrogens with one attached hydrogen (secondary N) is 1. The standard InChI is InChI=1S/C5H8N4OS/c10-3-5(1-2-5)9-4(11)6-7-8-9/h10H,1-3H2,(H,6,8,11). The molecule has 60 valence electrons. The third-order valence-corrected chi connectivity index (χ3v) is 2.33. The lowest BCUT2D eigenvalue weighted by atomic mass is 10.3. The van der Waals surface area contributed by atoms with E-state index in [-0.39, 0.29) is 12.1 Å². The van der Waals surface area contributed by atoms with E-state index in [9.17, 15) is 0 Å². The molecule has 0 atom stereocenters. The Morgan fingerprint density at radius 1 is 1.73 bits per heavy atom. The van der Waals surface area contributed by atoms with Gasteiger partial charge in [-0.05, 0) is 25.1 Å². The predicted octanol–water partition coefficient (Wildman–Crippen LogP) is -0.183. The summed E-state index contributed by atoms with van der Waals surface area (Å²) >= 11 is 4.89. The normalized spacial score (nSPS) is 20.1. The Morgan fingerprint density at radius 3 is 2.82 bits per heavy atom. The molecule has 0 radical (unpaired) electrons. The first kappa shape index (κ1) is 6.93. The van der Waals surface area contributed by atoms with Crippen molar-refractivity contribution in [3.05, 3.63) is 4.77 Å². The van der Waals surface area contributed by atoms with Crippen LogP contribution in [0, 0.1) is 4.77 Å². The van der Waals surface area contributed by atoms with Crippen molar-refractivity contribution in [3.63, 3.8) is 0 Å². The molecule has 0 aliphatic heterocycles. The number of aliphatic hydroxyl groups is 1. The molecule has 0 saturated heterocycles. The Labute approximate surface area is 68.0 Å². The zero-order valence-electron chi connectivity index (χ0n) is 5.82. The molecule has 1 aliphatic carbocycles. The molecule has 1 aromatic heterocycles. The molecule has 0 unspecified atom stereocenters. The molecule has 1 fully saturated rings. The number of hydrogen-bond acceptors (Lipinski definition) is 4.